The van der Waals surface area contributed by atoms with E-state index in [0.717, 1.165) is 13.0 Å². The van der Waals surface area contributed by atoms with Crippen molar-refractivity contribution in [3.05, 3.63) is 11.3 Å². The number of aliphatic hydroxyl groups excluding tert-OH is 1. The van der Waals surface area contributed by atoms with E-state index in [2.05, 4.69) is 0 Å². The van der Waals surface area contributed by atoms with Crippen LogP contribution in [0.2, 0.25) is 0 Å². The molecule has 0 fully saturated rings. The highest BCUT2D eigenvalue weighted by atomic mass is 19.4. The van der Waals surface area contributed by atoms with Crippen LogP contribution < -0.4 is 0 Å². The Morgan fingerprint density at radius 1 is 1.50 bits per heavy atom. The lowest BCUT2D eigenvalue weighted by molar-refractivity contribution is -0.125. The van der Waals surface area contributed by atoms with E-state index >= 15 is 0 Å². The molecule has 3 nitrogen and oxygen atoms in total. The van der Waals surface area contributed by atoms with Crippen molar-refractivity contribution in [3.8, 4) is 6.07 Å². The lowest BCUT2D eigenvalue weighted by atomic mass is 10.2. The molecule has 0 spiro atoms. The molecule has 0 radical (unpaired) electrons. The summed E-state index contributed by atoms with van der Waals surface area (Å²) in [5, 5.41) is 16.4. The molecule has 0 aliphatic rings. The number of halogens is 3. The number of nitrogens with zero attached hydrogens (tertiary/aromatic N) is 1. The first-order chi connectivity index (χ1) is 5.30. The third-order valence-electron chi connectivity index (χ3n) is 0.969. The predicted octanol–water partition coefficient (Wildman–Crippen LogP) is 1.47. The Labute approximate surface area is 65.7 Å². The highest BCUT2D eigenvalue weighted by Crippen LogP contribution is 2.25. The van der Waals surface area contributed by atoms with Crippen LogP contribution in [0, 0.1) is 11.3 Å². The van der Waals surface area contributed by atoms with Crippen LogP contribution in [0.15, 0.2) is 11.3 Å². The van der Waals surface area contributed by atoms with Crippen LogP contribution in [0.25, 0.3) is 0 Å². The van der Waals surface area contributed by atoms with Crippen molar-refractivity contribution < 1.29 is 23.1 Å². The van der Waals surface area contributed by atoms with Crippen LogP contribution in [0.4, 0.5) is 13.2 Å². The molecule has 0 amide bonds. The highest BCUT2D eigenvalue weighted by molar-refractivity contribution is 5.97. The largest absolute Gasteiger partial charge is 0.503 e. The zero-order chi connectivity index (χ0) is 9.94. The number of hydrogen-bond donors (Lipinski definition) is 1. The molecule has 0 saturated carbocycles. The zero-order valence-electron chi connectivity index (χ0n) is 5.94. The average molecular weight is 179 g/mol. The van der Waals surface area contributed by atoms with Crippen LogP contribution in [-0.4, -0.2) is 17.1 Å². The Morgan fingerprint density at radius 2 is 1.92 bits per heavy atom. The summed E-state index contributed by atoms with van der Waals surface area (Å²) in [6, 6.07) is 0.968. The normalized spacial score (nSPS) is 13.2. The van der Waals surface area contributed by atoms with Crippen molar-refractivity contribution in [2.45, 2.75) is 13.1 Å². The van der Waals surface area contributed by atoms with E-state index in [9.17, 15) is 18.0 Å². The Hall–Kier alpha value is -1.51. The summed E-state index contributed by atoms with van der Waals surface area (Å²) in [5.41, 5.74) is -1.28. The topological polar surface area (TPSA) is 61.1 Å². The van der Waals surface area contributed by atoms with Gasteiger partial charge in [-0.1, -0.05) is 0 Å². The minimum Gasteiger partial charge on any atom is -0.503 e. The number of nitriles is 1. The summed E-state index contributed by atoms with van der Waals surface area (Å²) < 4.78 is 34.9. The molecule has 0 aliphatic heterocycles. The first-order valence-electron chi connectivity index (χ1n) is 2.72. The Balaban J connectivity index is 5.17. The van der Waals surface area contributed by atoms with Gasteiger partial charge in [-0.2, -0.15) is 18.4 Å². The van der Waals surface area contributed by atoms with Gasteiger partial charge in [-0.25, -0.2) is 0 Å². The summed E-state index contributed by atoms with van der Waals surface area (Å²) in [7, 11) is 0. The number of carbonyl (C=O) groups excluding carboxylic acids is 1. The lowest BCUT2D eigenvalue weighted by Gasteiger charge is -2.04. The van der Waals surface area contributed by atoms with Crippen LogP contribution in [0.1, 0.15) is 6.92 Å². The standard InChI is InChI=1S/C6H4F3NO2/c1-3(11)4(2-10)5(12)6(7,8)9/h12H,1H3/b5-4-. The molecule has 66 valence electrons. The third-order valence-corrected chi connectivity index (χ3v) is 0.969. The number of allylic oxidation sites excluding steroid dienone is 2. The Kier molecular flexibility index (Phi) is 2.85. The molecule has 0 aromatic rings. The van der Waals surface area contributed by atoms with Gasteiger partial charge in [-0.3, -0.25) is 4.79 Å². The molecule has 0 saturated heterocycles. The molecule has 0 aliphatic carbocycles. The van der Waals surface area contributed by atoms with Crippen molar-refractivity contribution in [1.29, 1.82) is 5.26 Å². The molecule has 1 N–H and O–H groups in total. The van der Waals surface area contributed by atoms with Gasteiger partial charge in [-0.15, -0.1) is 0 Å². The summed E-state index contributed by atoms with van der Waals surface area (Å²) in [4.78, 5) is 10.3. The van der Waals surface area contributed by atoms with Gasteiger partial charge in [0.05, 0.1) is 0 Å². The second kappa shape index (κ2) is 3.26. The fourth-order valence-electron chi connectivity index (χ4n) is 0.440. The molecule has 0 bridgehead atoms. The summed E-state index contributed by atoms with van der Waals surface area (Å²) in [6.07, 6.45) is -5.04. The van der Waals surface area contributed by atoms with Crippen molar-refractivity contribution in [2.24, 2.45) is 0 Å². The summed E-state index contributed by atoms with van der Waals surface area (Å²) in [6.45, 7) is 0.764. The quantitative estimate of drug-likeness (QED) is 0.376. The van der Waals surface area contributed by atoms with Crippen molar-refractivity contribution in [2.75, 3.05) is 0 Å². The van der Waals surface area contributed by atoms with Crippen LogP contribution in [-0.2, 0) is 4.79 Å². The molecule has 6 heteroatoms. The van der Waals surface area contributed by atoms with Gasteiger partial charge in [-0.05, 0) is 0 Å². The summed E-state index contributed by atoms with van der Waals surface area (Å²) in [5.74, 6) is -3.26. The minimum atomic E-state index is -5.04. The van der Waals surface area contributed by atoms with E-state index in [1.165, 1.54) is 0 Å². The van der Waals surface area contributed by atoms with Gasteiger partial charge in [0.25, 0.3) is 0 Å². The molecule has 0 aromatic carbocycles. The molecular formula is C6H4F3NO2. The maximum atomic E-state index is 11.6. The van der Waals surface area contributed by atoms with E-state index in [-0.39, 0.29) is 0 Å². The molecule has 0 unspecified atom stereocenters. The maximum Gasteiger partial charge on any atom is 0.450 e. The van der Waals surface area contributed by atoms with Crippen molar-refractivity contribution >= 4 is 5.78 Å². The fraction of sp³-hybridized carbons (Fsp3) is 0.333. The number of rotatable bonds is 1. The van der Waals surface area contributed by atoms with Crippen LogP contribution in [0.3, 0.4) is 0 Å². The smallest absolute Gasteiger partial charge is 0.450 e. The zero-order valence-corrected chi connectivity index (χ0v) is 5.94. The van der Waals surface area contributed by atoms with E-state index in [1.54, 1.807) is 0 Å². The average Bonchev–Trinajstić information content (AvgIpc) is 1.86. The van der Waals surface area contributed by atoms with Crippen LogP contribution >= 0.6 is 0 Å². The van der Waals surface area contributed by atoms with Crippen LogP contribution in [0.5, 0.6) is 0 Å². The molecule has 0 aromatic heterocycles. The number of Topliss-reactive ketones (excluding diaryl/α,β-unsaturated/α-hetero) is 1. The predicted molar refractivity (Wildman–Crippen MR) is 32.0 cm³/mol. The van der Waals surface area contributed by atoms with Gasteiger partial charge in [0.2, 0.25) is 5.76 Å². The Bertz CT molecular complexity index is 271. The molecule has 0 atom stereocenters. The van der Waals surface area contributed by atoms with E-state index in [0.29, 0.717) is 0 Å². The SMILES string of the molecule is CC(=O)/C(C#N)=C(\O)C(F)(F)F. The van der Waals surface area contributed by atoms with E-state index in [4.69, 9.17) is 10.4 Å². The molecular weight excluding hydrogens is 175 g/mol. The molecule has 12 heavy (non-hydrogen) atoms. The highest BCUT2D eigenvalue weighted by Gasteiger charge is 2.37. The fourth-order valence-corrected chi connectivity index (χ4v) is 0.440. The van der Waals surface area contributed by atoms with Crippen molar-refractivity contribution in [1.82, 2.24) is 0 Å². The number of alkyl halides is 3. The number of hydrogen-bond acceptors (Lipinski definition) is 3. The van der Waals surface area contributed by atoms with E-state index < -0.39 is 23.3 Å². The first-order valence-corrected chi connectivity index (χ1v) is 2.72. The minimum absolute atomic E-state index is 0.764. The second-order valence-electron chi connectivity index (χ2n) is 1.89. The number of carbonyl (C=O) groups is 1. The van der Waals surface area contributed by atoms with Crippen molar-refractivity contribution in [3.63, 3.8) is 0 Å². The monoisotopic (exact) mass is 179 g/mol. The first kappa shape index (κ1) is 10.5. The summed E-state index contributed by atoms with van der Waals surface area (Å²) >= 11 is 0. The second-order valence-corrected chi connectivity index (χ2v) is 1.89. The lowest BCUT2D eigenvalue weighted by Crippen LogP contribution is -2.16. The van der Waals surface area contributed by atoms with Gasteiger partial charge in [0, 0.05) is 6.92 Å². The van der Waals surface area contributed by atoms with Gasteiger partial charge in [0.1, 0.15) is 11.6 Å². The molecule has 0 rings (SSSR count). The van der Waals surface area contributed by atoms with Gasteiger partial charge >= 0.3 is 6.18 Å². The van der Waals surface area contributed by atoms with Gasteiger partial charge < -0.3 is 5.11 Å². The van der Waals surface area contributed by atoms with E-state index in [1.807, 2.05) is 0 Å². The number of aliphatic hydroxyl groups is 1. The maximum absolute atomic E-state index is 11.6. The Morgan fingerprint density at radius 3 is 2.00 bits per heavy atom. The third kappa shape index (κ3) is 2.27. The molecule has 0 heterocycles. The number of ketones is 1. The van der Waals surface area contributed by atoms with Gasteiger partial charge in [0.15, 0.2) is 5.78 Å².